The van der Waals surface area contributed by atoms with Gasteiger partial charge in [-0.2, -0.15) is 0 Å². The van der Waals surface area contributed by atoms with Crippen molar-refractivity contribution in [2.24, 2.45) is 0 Å². The fourth-order valence-electron chi connectivity index (χ4n) is 0.454. The minimum atomic E-state index is -0.946. The lowest BCUT2D eigenvalue weighted by atomic mass is 10.3. The number of nitrogens with zero attached hydrogens (tertiary/aromatic N) is 2. The third kappa shape index (κ3) is 8.04. The molecule has 0 aromatic heterocycles. The van der Waals surface area contributed by atoms with Crippen LogP contribution in [0.3, 0.4) is 0 Å². The number of hydrogen-bond donors (Lipinski definition) is 0. The fraction of sp³-hybridized carbons (Fsp3) is 0.600. The van der Waals surface area contributed by atoms with E-state index in [1.165, 1.54) is 13.0 Å². The van der Waals surface area contributed by atoms with Gasteiger partial charge in [-0.05, 0) is 12.5 Å². The van der Waals surface area contributed by atoms with E-state index in [1.54, 1.807) is 0 Å². The third-order valence-electron chi connectivity index (χ3n) is 1.01. The molecule has 0 N–H and O–H groups in total. The molecule has 8 nitrogen and oxygen atoms in total. The van der Waals surface area contributed by atoms with E-state index < -0.39 is 10.2 Å². The van der Waals surface area contributed by atoms with Gasteiger partial charge in [0, 0.05) is 0 Å². The normalized spacial score (nSPS) is 10.7. The smallest absolute Gasteiger partial charge is 0.294 e. The second-order valence-corrected chi connectivity index (χ2v) is 2.07. The van der Waals surface area contributed by atoms with Gasteiger partial charge < -0.3 is 9.68 Å². The van der Waals surface area contributed by atoms with Gasteiger partial charge in [0.25, 0.3) is 10.2 Å². The van der Waals surface area contributed by atoms with Gasteiger partial charge >= 0.3 is 0 Å². The van der Waals surface area contributed by atoms with Crippen LogP contribution in [0.15, 0.2) is 11.6 Å². The molecule has 0 aliphatic rings. The Morgan fingerprint density at radius 1 is 1.31 bits per heavy atom. The summed E-state index contributed by atoms with van der Waals surface area (Å²) >= 11 is 0. The summed E-state index contributed by atoms with van der Waals surface area (Å²) in [5, 5.41) is 17.5. The summed E-state index contributed by atoms with van der Waals surface area (Å²) in [6.45, 7) is 1.08. The van der Waals surface area contributed by atoms with Gasteiger partial charge in [0.1, 0.15) is 13.2 Å². The van der Waals surface area contributed by atoms with E-state index >= 15 is 0 Å². The molecule has 0 amide bonds. The van der Waals surface area contributed by atoms with E-state index in [-0.39, 0.29) is 13.2 Å². The summed E-state index contributed by atoms with van der Waals surface area (Å²) in [4.78, 5) is 27.3. The summed E-state index contributed by atoms with van der Waals surface area (Å²) in [7, 11) is 0. The zero-order chi connectivity index (χ0) is 10.3. The molecule has 0 aliphatic heterocycles. The van der Waals surface area contributed by atoms with Crippen LogP contribution in [0.25, 0.3) is 0 Å². The molecule has 0 spiro atoms. The van der Waals surface area contributed by atoms with Crippen LogP contribution >= 0.6 is 0 Å². The second-order valence-electron chi connectivity index (χ2n) is 2.07. The van der Waals surface area contributed by atoms with Crippen molar-refractivity contribution >= 4 is 0 Å². The molecule has 0 saturated carbocycles. The van der Waals surface area contributed by atoms with Crippen LogP contribution in [0.2, 0.25) is 0 Å². The predicted molar refractivity (Wildman–Crippen MR) is 39.6 cm³/mol. The fourth-order valence-corrected chi connectivity index (χ4v) is 0.454. The monoisotopic (exact) mass is 192 g/mol. The molecule has 0 radical (unpaired) electrons. The first-order valence-corrected chi connectivity index (χ1v) is 3.22. The zero-order valence-corrected chi connectivity index (χ0v) is 6.84. The van der Waals surface area contributed by atoms with E-state index in [4.69, 9.17) is 0 Å². The topological polar surface area (TPSA) is 105 Å². The van der Waals surface area contributed by atoms with Crippen molar-refractivity contribution in [3.8, 4) is 0 Å². The Morgan fingerprint density at radius 2 is 1.85 bits per heavy atom. The highest BCUT2D eigenvalue weighted by atomic mass is 17.0. The predicted octanol–water partition coefficient (Wildman–Crippen LogP) is 0.349. The van der Waals surface area contributed by atoms with Crippen LogP contribution in [0, 0.1) is 20.2 Å². The first-order valence-electron chi connectivity index (χ1n) is 3.22. The lowest BCUT2D eigenvalue weighted by molar-refractivity contribution is -0.756. The minimum Gasteiger partial charge on any atom is -0.310 e. The van der Waals surface area contributed by atoms with Crippen LogP contribution in [0.1, 0.15) is 6.92 Å². The van der Waals surface area contributed by atoms with Gasteiger partial charge in [0.05, 0.1) is 0 Å². The molecule has 0 aromatic rings. The second kappa shape index (κ2) is 5.75. The Bertz CT molecular complexity index is 225. The van der Waals surface area contributed by atoms with E-state index in [0.717, 1.165) is 0 Å². The van der Waals surface area contributed by atoms with Crippen molar-refractivity contribution in [2.45, 2.75) is 6.92 Å². The van der Waals surface area contributed by atoms with Crippen LogP contribution in [0.4, 0.5) is 0 Å². The van der Waals surface area contributed by atoms with E-state index in [1.807, 2.05) is 0 Å². The molecule has 0 atom stereocenters. The lowest BCUT2D eigenvalue weighted by Gasteiger charge is -1.98. The summed E-state index contributed by atoms with van der Waals surface area (Å²) in [6, 6.07) is 0. The van der Waals surface area contributed by atoms with Crippen LogP contribution in [-0.2, 0) is 9.68 Å². The molecule has 0 fully saturated rings. The molecule has 8 heteroatoms. The van der Waals surface area contributed by atoms with Crippen molar-refractivity contribution in [1.82, 2.24) is 0 Å². The molecule has 0 bridgehead atoms. The molecule has 0 rings (SSSR count). The quantitative estimate of drug-likeness (QED) is 0.341. The van der Waals surface area contributed by atoms with Gasteiger partial charge in [0.2, 0.25) is 0 Å². The maximum Gasteiger partial charge on any atom is 0.294 e. The maximum absolute atomic E-state index is 9.70. The average molecular weight is 192 g/mol. The molecule has 0 aromatic carbocycles. The van der Waals surface area contributed by atoms with Crippen molar-refractivity contribution in [3.05, 3.63) is 31.9 Å². The van der Waals surface area contributed by atoms with Gasteiger partial charge in [-0.1, -0.05) is 6.08 Å². The Morgan fingerprint density at radius 3 is 2.31 bits per heavy atom. The highest BCUT2D eigenvalue weighted by molar-refractivity contribution is 4.97. The lowest BCUT2D eigenvalue weighted by Crippen LogP contribution is -2.05. The molecule has 0 saturated heterocycles. The van der Waals surface area contributed by atoms with Gasteiger partial charge in [-0.25, -0.2) is 0 Å². The van der Waals surface area contributed by atoms with Gasteiger partial charge in [-0.15, -0.1) is 20.2 Å². The number of rotatable bonds is 6. The Kier molecular flexibility index (Phi) is 4.93. The summed E-state index contributed by atoms with van der Waals surface area (Å²) < 4.78 is 0. The Hall–Kier alpha value is -1.86. The maximum atomic E-state index is 9.70. The molecular weight excluding hydrogens is 184 g/mol. The summed E-state index contributed by atoms with van der Waals surface area (Å²) in [5.41, 5.74) is 0.485. The molecule has 0 unspecified atom stereocenters. The van der Waals surface area contributed by atoms with Crippen LogP contribution in [0.5, 0.6) is 0 Å². The van der Waals surface area contributed by atoms with Crippen molar-refractivity contribution in [1.29, 1.82) is 0 Å². The van der Waals surface area contributed by atoms with Crippen LogP contribution in [-0.4, -0.2) is 23.4 Å². The Labute approximate surface area is 73.0 Å². The molecular formula is C5H8N2O6. The summed E-state index contributed by atoms with van der Waals surface area (Å²) in [6.07, 6.45) is 1.33. The van der Waals surface area contributed by atoms with Gasteiger partial charge in [-0.3, -0.25) is 0 Å². The van der Waals surface area contributed by atoms with Crippen molar-refractivity contribution in [3.63, 3.8) is 0 Å². The van der Waals surface area contributed by atoms with E-state index in [2.05, 4.69) is 9.68 Å². The molecule has 13 heavy (non-hydrogen) atoms. The van der Waals surface area contributed by atoms with Crippen molar-refractivity contribution in [2.75, 3.05) is 13.2 Å². The molecule has 74 valence electrons. The standard InChI is InChI=1S/C5H8N2O6/c1-5(4-13-7(10)11)2-3-12-6(8)9/h2H,3-4H2,1H3/b5-2-. The minimum absolute atomic E-state index is 0.214. The third-order valence-corrected chi connectivity index (χ3v) is 1.01. The van der Waals surface area contributed by atoms with E-state index in [9.17, 15) is 20.2 Å². The van der Waals surface area contributed by atoms with Gasteiger partial charge in [0.15, 0.2) is 0 Å². The first kappa shape index (κ1) is 11.1. The SMILES string of the molecule is C/C(=C/CO[N+](=O)[O-])CO[N+](=O)[O-]. The van der Waals surface area contributed by atoms with Crippen molar-refractivity contribution < 1.29 is 19.8 Å². The van der Waals surface area contributed by atoms with Crippen LogP contribution < -0.4 is 0 Å². The highest BCUT2D eigenvalue weighted by Crippen LogP contribution is 1.93. The summed E-state index contributed by atoms with van der Waals surface area (Å²) in [5.74, 6) is 0. The first-order chi connectivity index (χ1) is 6.02. The Balaban J connectivity index is 3.63. The zero-order valence-electron chi connectivity index (χ0n) is 6.84. The molecule has 0 aliphatic carbocycles. The highest BCUT2D eigenvalue weighted by Gasteiger charge is 1.96. The largest absolute Gasteiger partial charge is 0.310 e. The van der Waals surface area contributed by atoms with E-state index in [0.29, 0.717) is 5.57 Å². The number of hydrogen-bond acceptors (Lipinski definition) is 6. The average Bonchev–Trinajstić information content (AvgIpc) is 2.00. The molecule has 0 heterocycles.